The first-order valence-corrected chi connectivity index (χ1v) is 6.53. The summed E-state index contributed by atoms with van der Waals surface area (Å²) < 4.78 is 36.4. The highest BCUT2D eigenvalue weighted by Crippen LogP contribution is 2.24. The first-order valence-electron chi connectivity index (χ1n) is 6.15. The van der Waals surface area contributed by atoms with E-state index in [1.807, 2.05) is 0 Å². The van der Waals surface area contributed by atoms with Crippen LogP contribution in [0.5, 0.6) is 0 Å². The van der Waals surface area contributed by atoms with E-state index < -0.39 is 17.7 Å². The highest BCUT2D eigenvalue weighted by molar-refractivity contribution is 6.30. The van der Waals surface area contributed by atoms with Gasteiger partial charge >= 0.3 is 6.18 Å². The Morgan fingerprint density at radius 1 is 0.955 bits per heavy atom. The van der Waals surface area contributed by atoms with Crippen molar-refractivity contribution >= 4 is 23.1 Å². The molecule has 0 unspecified atom stereocenters. The zero-order chi connectivity index (χ0) is 16.3. The van der Waals surface area contributed by atoms with E-state index in [1.54, 1.807) is 36.4 Å². The molecule has 0 radical (unpaired) electrons. The van der Waals surface area contributed by atoms with Gasteiger partial charge < -0.3 is 5.11 Å². The lowest BCUT2D eigenvalue weighted by Crippen LogP contribution is -2.20. The largest absolute Gasteiger partial charge is 0.507 e. The number of benzene rings is 2. The fourth-order valence-corrected chi connectivity index (χ4v) is 1.89. The van der Waals surface area contributed by atoms with Crippen LogP contribution >= 0.6 is 11.6 Å². The van der Waals surface area contributed by atoms with Crippen molar-refractivity contribution in [2.75, 3.05) is 0 Å². The molecule has 0 heterocycles. The normalized spacial score (nSPS) is 12.3. The van der Waals surface area contributed by atoms with E-state index in [0.717, 1.165) is 11.1 Å². The Morgan fingerprint density at radius 3 is 1.86 bits per heavy atom. The minimum absolute atomic E-state index is 0.121. The maximum Gasteiger partial charge on any atom is 0.454 e. The molecule has 0 aromatic heterocycles. The first kappa shape index (κ1) is 16.1. The molecular formula is C16H10ClF3O2. The lowest BCUT2D eigenvalue weighted by molar-refractivity contribution is -0.165. The minimum Gasteiger partial charge on any atom is -0.507 e. The lowest BCUT2D eigenvalue weighted by Gasteiger charge is -2.05. The Bertz CT molecular complexity index is 702. The molecular weight excluding hydrogens is 317 g/mol. The molecule has 2 aromatic carbocycles. The molecule has 0 amide bonds. The maximum atomic E-state index is 12.1. The van der Waals surface area contributed by atoms with Crippen LogP contribution in [0.25, 0.3) is 16.9 Å². The number of aliphatic hydroxyl groups is 1. The number of rotatable bonds is 3. The third-order valence-electron chi connectivity index (χ3n) is 2.91. The van der Waals surface area contributed by atoms with Crippen molar-refractivity contribution in [1.29, 1.82) is 0 Å². The molecule has 0 bridgehead atoms. The molecule has 0 saturated carbocycles. The summed E-state index contributed by atoms with van der Waals surface area (Å²) in [6, 6.07) is 13.1. The molecule has 114 valence electrons. The Hall–Kier alpha value is -2.27. The van der Waals surface area contributed by atoms with E-state index >= 15 is 0 Å². The first-order chi connectivity index (χ1) is 10.3. The summed E-state index contributed by atoms with van der Waals surface area (Å²) in [5.74, 6) is -2.84. The molecule has 0 spiro atoms. The third kappa shape index (κ3) is 3.89. The Balaban J connectivity index is 2.23. The number of ketones is 1. The second-order valence-corrected chi connectivity index (χ2v) is 4.91. The van der Waals surface area contributed by atoms with Crippen LogP contribution in [-0.2, 0) is 4.79 Å². The SMILES string of the molecule is O=C(/C=C(\O)c1ccc(-c2ccc(Cl)cc2)cc1)C(F)(F)F. The van der Waals surface area contributed by atoms with Crippen LogP contribution in [0.15, 0.2) is 54.6 Å². The van der Waals surface area contributed by atoms with Gasteiger partial charge in [-0.25, -0.2) is 0 Å². The average Bonchev–Trinajstić information content (AvgIpc) is 2.47. The number of allylic oxidation sites excluding steroid dienone is 1. The fraction of sp³-hybridized carbons (Fsp3) is 0.0625. The lowest BCUT2D eigenvalue weighted by atomic mass is 10.0. The predicted molar refractivity (Wildman–Crippen MR) is 78.6 cm³/mol. The number of carbonyl (C=O) groups excluding carboxylic acids is 1. The number of hydrogen-bond acceptors (Lipinski definition) is 2. The predicted octanol–water partition coefficient (Wildman–Crippen LogP) is 5.04. The number of carbonyl (C=O) groups is 1. The van der Waals surface area contributed by atoms with Crippen molar-refractivity contribution in [2.24, 2.45) is 0 Å². The average molecular weight is 327 g/mol. The molecule has 2 nitrogen and oxygen atoms in total. The van der Waals surface area contributed by atoms with Crippen molar-refractivity contribution in [1.82, 2.24) is 0 Å². The number of hydrogen-bond donors (Lipinski definition) is 1. The highest BCUT2D eigenvalue weighted by atomic mass is 35.5. The van der Waals surface area contributed by atoms with Crippen LogP contribution in [0.2, 0.25) is 5.02 Å². The Morgan fingerprint density at radius 2 is 1.41 bits per heavy atom. The van der Waals surface area contributed by atoms with Crippen molar-refractivity contribution in [2.45, 2.75) is 6.18 Å². The molecule has 0 fully saturated rings. The minimum atomic E-state index is -5.00. The summed E-state index contributed by atoms with van der Waals surface area (Å²) in [5.41, 5.74) is 1.79. The summed E-state index contributed by atoms with van der Waals surface area (Å²) >= 11 is 5.79. The second-order valence-electron chi connectivity index (χ2n) is 4.48. The monoisotopic (exact) mass is 326 g/mol. The molecule has 0 aliphatic carbocycles. The van der Waals surface area contributed by atoms with E-state index in [1.165, 1.54) is 12.1 Å². The van der Waals surface area contributed by atoms with Crippen LogP contribution in [0.3, 0.4) is 0 Å². The number of aliphatic hydroxyl groups excluding tert-OH is 1. The quantitative estimate of drug-likeness (QED) is 0.634. The fourth-order valence-electron chi connectivity index (χ4n) is 1.77. The van der Waals surface area contributed by atoms with E-state index in [-0.39, 0.29) is 11.6 Å². The standard InChI is InChI=1S/C16H10ClF3O2/c17-13-7-5-11(6-8-13)10-1-3-12(4-2-10)14(21)9-15(22)16(18,19)20/h1-9,21H/b14-9-. The summed E-state index contributed by atoms with van der Waals surface area (Å²) in [6.45, 7) is 0. The van der Waals surface area contributed by atoms with E-state index in [2.05, 4.69) is 0 Å². The summed E-state index contributed by atoms with van der Waals surface area (Å²) in [5, 5.41) is 10.2. The van der Waals surface area contributed by atoms with Gasteiger partial charge in [-0.05, 0) is 23.3 Å². The van der Waals surface area contributed by atoms with Crippen LogP contribution in [0.4, 0.5) is 13.2 Å². The van der Waals surface area contributed by atoms with Crippen LogP contribution in [0, 0.1) is 0 Å². The molecule has 0 aliphatic rings. The van der Waals surface area contributed by atoms with Crippen molar-refractivity contribution in [3.8, 4) is 11.1 Å². The van der Waals surface area contributed by atoms with Gasteiger partial charge in [-0.15, -0.1) is 0 Å². The molecule has 22 heavy (non-hydrogen) atoms. The van der Waals surface area contributed by atoms with Crippen molar-refractivity contribution in [3.05, 3.63) is 65.2 Å². The van der Waals surface area contributed by atoms with Gasteiger partial charge in [-0.1, -0.05) is 48.0 Å². The van der Waals surface area contributed by atoms with Gasteiger partial charge in [0.15, 0.2) is 0 Å². The van der Waals surface area contributed by atoms with Crippen LogP contribution in [-0.4, -0.2) is 17.1 Å². The van der Waals surface area contributed by atoms with Gasteiger partial charge in [0.25, 0.3) is 5.78 Å². The zero-order valence-electron chi connectivity index (χ0n) is 11.1. The maximum absolute atomic E-state index is 12.1. The van der Waals surface area contributed by atoms with Gasteiger partial charge in [-0.3, -0.25) is 4.79 Å². The smallest absolute Gasteiger partial charge is 0.454 e. The molecule has 6 heteroatoms. The molecule has 2 aromatic rings. The van der Waals surface area contributed by atoms with Gasteiger partial charge in [-0.2, -0.15) is 13.2 Å². The summed E-state index contributed by atoms with van der Waals surface area (Å²) in [4.78, 5) is 10.8. The summed E-state index contributed by atoms with van der Waals surface area (Å²) in [6.07, 6.45) is -4.84. The molecule has 0 saturated heterocycles. The van der Waals surface area contributed by atoms with Gasteiger partial charge in [0.1, 0.15) is 5.76 Å². The number of halogens is 4. The van der Waals surface area contributed by atoms with Gasteiger partial charge in [0.05, 0.1) is 0 Å². The van der Waals surface area contributed by atoms with Gasteiger partial charge in [0.2, 0.25) is 0 Å². The van der Waals surface area contributed by atoms with Crippen LogP contribution in [0.1, 0.15) is 5.56 Å². The third-order valence-corrected chi connectivity index (χ3v) is 3.16. The Kier molecular flexibility index (Phi) is 4.56. The van der Waals surface area contributed by atoms with Crippen molar-refractivity contribution in [3.63, 3.8) is 0 Å². The molecule has 2 rings (SSSR count). The zero-order valence-corrected chi connectivity index (χ0v) is 11.8. The van der Waals surface area contributed by atoms with Crippen LogP contribution < -0.4 is 0 Å². The van der Waals surface area contributed by atoms with E-state index in [9.17, 15) is 23.1 Å². The molecule has 1 N–H and O–H groups in total. The highest BCUT2D eigenvalue weighted by Gasteiger charge is 2.36. The number of alkyl halides is 3. The Labute approximate surface area is 129 Å². The molecule has 0 aliphatic heterocycles. The van der Waals surface area contributed by atoms with Gasteiger partial charge in [0, 0.05) is 16.7 Å². The van der Waals surface area contributed by atoms with E-state index in [4.69, 9.17) is 11.6 Å². The van der Waals surface area contributed by atoms with Crippen molar-refractivity contribution < 1.29 is 23.1 Å². The summed E-state index contributed by atoms with van der Waals surface area (Å²) in [7, 11) is 0. The van der Waals surface area contributed by atoms with E-state index in [0.29, 0.717) is 5.02 Å². The molecule has 0 atom stereocenters. The topological polar surface area (TPSA) is 37.3 Å². The second kappa shape index (κ2) is 6.23.